The molecule has 1 amide bonds. The van der Waals surface area contributed by atoms with Crippen molar-refractivity contribution in [3.63, 3.8) is 0 Å². The van der Waals surface area contributed by atoms with E-state index in [1.165, 1.54) is 20.8 Å². The molecule has 0 radical (unpaired) electrons. The SMILES string of the molecule is Cc1cccc(NC(=O)[C@H](C)OC(=O)CNS(=O)(=O)c2c(C)noc2C)c1. The number of sulfonamides is 1. The van der Waals surface area contributed by atoms with Crippen LogP contribution >= 0.6 is 0 Å². The number of rotatable bonds is 7. The molecule has 0 saturated heterocycles. The molecule has 2 N–H and O–H groups in total. The molecule has 1 aromatic heterocycles. The number of carbonyl (C=O) groups excluding carboxylic acids is 2. The molecule has 2 rings (SSSR count). The van der Waals surface area contributed by atoms with E-state index < -0.39 is 34.5 Å². The van der Waals surface area contributed by atoms with Crippen LogP contribution in [-0.4, -0.2) is 38.1 Å². The quantitative estimate of drug-likeness (QED) is 0.679. The molecule has 0 aliphatic rings. The molecule has 1 aromatic carbocycles. The van der Waals surface area contributed by atoms with Crippen LogP contribution in [0, 0.1) is 20.8 Å². The second kappa shape index (κ2) is 8.31. The minimum Gasteiger partial charge on any atom is -0.452 e. The molecule has 0 spiro atoms. The molecule has 1 atom stereocenters. The third-order valence-corrected chi connectivity index (χ3v) is 5.25. The van der Waals surface area contributed by atoms with Crippen LogP contribution in [0.25, 0.3) is 0 Å². The average molecular weight is 395 g/mol. The smallest absolute Gasteiger partial charge is 0.321 e. The molecule has 0 aliphatic heterocycles. The number of carbonyl (C=O) groups is 2. The van der Waals surface area contributed by atoms with E-state index in [0.29, 0.717) is 5.69 Å². The van der Waals surface area contributed by atoms with Gasteiger partial charge in [0.25, 0.3) is 5.91 Å². The molecule has 10 heteroatoms. The van der Waals surface area contributed by atoms with E-state index in [2.05, 4.69) is 15.2 Å². The fraction of sp³-hybridized carbons (Fsp3) is 0.353. The van der Waals surface area contributed by atoms with Crippen LogP contribution in [-0.2, 0) is 24.3 Å². The number of ether oxygens (including phenoxy) is 1. The maximum Gasteiger partial charge on any atom is 0.321 e. The van der Waals surface area contributed by atoms with E-state index in [1.807, 2.05) is 13.0 Å². The number of hydrogen-bond donors (Lipinski definition) is 2. The van der Waals surface area contributed by atoms with Crippen LogP contribution in [0.4, 0.5) is 5.69 Å². The topological polar surface area (TPSA) is 128 Å². The molecular weight excluding hydrogens is 374 g/mol. The molecule has 0 bridgehead atoms. The van der Waals surface area contributed by atoms with Crippen LogP contribution in [0.5, 0.6) is 0 Å². The summed E-state index contributed by atoms with van der Waals surface area (Å²) in [4.78, 5) is 23.8. The zero-order valence-corrected chi connectivity index (χ0v) is 16.2. The third kappa shape index (κ3) is 5.38. The molecule has 146 valence electrons. The first-order valence-electron chi connectivity index (χ1n) is 8.09. The Kier molecular flexibility index (Phi) is 6.34. The lowest BCUT2D eigenvalue weighted by Crippen LogP contribution is -2.36. The molecule has 0 aliphatic carbocycles. The summed E-state index contributed by atoms with van der Waals surface area (Å²) in [7, 11) is -3.99. The van der Waals surface area contributed by atoms with Crippen molar-refractivity contribution >= 4 is 27.6 Å². The van der Waals surface area contributed by atoms with Gasteiger partial charge in [0.05, 0.1) is 0 Å². The Morgan fingerprint density at radius 2 is 1.96 bits per heavy atom. The highest BCUT2D eigenvalue weighted by Gasteiger charge is 2.26. The number of nitrogens with zero attached hydrogens (tertiary/aromatic N) is 1. The first-order valence-corrected chi connectivity index (χ1v) is 9.58. The first kappa shape index (κ1) is 20.6. The van der Waals surface area contributed by atoms with E-state index in [9.17, 15) is 18.0 Å². The van der Waals surface area contributed by atoms with Crippen molar-refractivity contribution in [3.8, 4) is 0 Å². The summed E-state index contributed by atoms with van der Waals surface area (Å²) in [6, 6.07) is 7.14. The number of aromatic nitrogens is 1. The van der Waals surface area contributed by atoms with Crippen molar-refractivity contribution in [2.75, 3.05) is 11.9 Å². The fourth-order valence-electron chi connectivity index (χ4n) is 2.34. The Morgan fingerprint density at radius 3 is 2.56 bits per heavy atom. The van der Waals surface area contributed by atoms with Gasteiger partial charge in [-0.3, -0.25) is 9.59 Å². The minimum atomic E-state index is -3.99. The Hall–Kier alpha value is -2.72. The summed E-state index contributed by atoms with van der Waals surface area (Å²) in [5.74, 6) is -1.31. The number of hydrogen-bond acceptors (Lipinski definition) is 7. The molecule has 0 unspecified atom stereocenters. The van der Waals surface area contributed by atoms with Crippen molar-refractivity contribution in [1.29, 1.82) is 0 Å². The normalized spacial score (nSPS) is 12.4. The van der Waals surface area contributed by atoms with Crippen molar-refractivity contribution < 1.29 is 27.3 Å². The monoisotopic (exact) mass is 395 g/mol. The Labute approximate surface area is 157 Å². The van der Waals surface area contributed by atoms with Gasteiger partial charge in [0.1, 0.15) is 17.1 Å². The number of benzene rings is 1. The van der Waals surface area contributed by atoms with Crippen LogP contribution < -0.4 is 10.0 Å². The second-order valence-corrected chi connectivity index (χ2v) is 7.67. The first-order chi connectivity index (χ1) is 12.6. The highest BCUT2D eigenvalue weighted by atomic mass is 32.2. The Morgan fingerprint density at radius 1 is 1.26 bits per heavy atom. The summed E-state index contributed by atoms with van der Waals surface area (Å²) in [5.41, 5.74) is 1.72. The van der Waals surface area contributed by atoms with Crippen LogP contribution in [0.3, 0.4) is 0 Å². The number of amides is 1. The van der Waals surface area contributed by atoms with E-state index in [-0.39, 0.29) is 16.3 Å². The van der Waals surface area contributed by atoms with Gasteiger partial charge in [0.2, 0.25) is 10.0 Å². The van der Waals surface area contributed by atoms with Crippen molar-refractivity contribution in [3.05, 3.63) is 41.3 Å². The predicted octanol–water partition coefficient (Wildman–Crippen LogP) is 1.45. The largest absolute Gasteiger partial charge is 0.452 e. The number of anilines is 1. The lowest BCUT2D eigenvalue weighted by molar-refractivity contribution is -0.151. The van der Waals surface area contributed by atoms with E-state index in [0.717, 1.165) is 5.56 Å². The molecule has 2 aromatic rings. The van der Waals surface area contributed by atoms with Crippen LogP contribution in [0.15, 0.2) is 33.7 Å². The van der Waals surface area contributed by atoms with Crippen molar-refractivity contribution in [2.24, 2.45) is 0 Å². The van der Waals surface area contributed by atoms with E-state index in [1.54, 1.807) is 18.2 Å². The minimum absolute atomic E-state index is 0.110. The molecular formula is C17H21N3O6S. The maximum atomic E-state index is 12.2. The zero-order chi connectivity index (χ0) is 20.2. The molecule has 0 fully saturated rings. The van der Waals surface area contributed by atoms with Crippen LogP contribution in [0.2, 0.25) is 0 Å². The van der Waals surface area contributed by atoms with Gasteiger partial charge in [-0.15, -0.1) is 0 Å². The summed E-state index contributed by atoms with van der Waals surface area (Å²) in [6.07, 6.45) is -1.10. The van der Waals surface area contributed by atoms with Gasteiger partial charge < -0.3 is 14.6 Å². The second-order valence-electron chi connectivity index (χ2n) is 5.97. The van der Waals surface area contributed by atoms with Crippen molar-refractivity contribution in [1.82, 2.24) is 9.88 Å². The van der Waals surface area contributed by atoms with Gasteiger partial charge >= 0.3 is 5.97 Å². The standard InChI is InChI=1S/C17H21N3O6S/c1-10-6-5-7-14(8-10)19-17(22)13(4)25-15(21)9-18-27(23,24)16-11(2)20-26-12(16)3/h5-8,13,18H,9H2,1-4H3,(H,19,22)/t13-/m0/s1. The number of esters is 1. The highest BCUT2D eigenvalue weighted by Crippen LogP contribution is 2.18. The van der Waals surface area contributed by atoms with E-state index in [4.69, 9.17) is 9.26 Å². The van der Waals surface area contributed by atoms with Gasteiger partial charge in [0.15, 0.2) is 11.9 Å². The summed E-state index contributed by atoms with van der Waals surface area (Å²) in [6.45, 7) is 5.57. The maximum absolute atomic E-state index is 12.2. The zero-order valence-electron chi connectivity index (χ0n) is 15.4. The molecule has 9 nitrogen and oxygen atoms in total. The fourth-order valence-corrected chi connectivity index (χ4v) is 3.64. The number of aryl methyl sites for hydroxylation is 3. The lowest BCUT2D eigenvalue weighted by atomic mass is 10.2. The summed E-state index contributed by atoms with van der Waals surface area (Å²) in [5, 5.41) is 6.19. The highest BCUT2D eigenvalue weighted by molar-refractivity contribution is 7.89. The Bertz CT molecular complexity index is 932. The van der Waals surface area contributed by atoms with Gasteiger partial charge in [0, 0.05) is 5.69 Å². The third-order valence-electron chi connectivity index (χ3n) is 3.61. The number of nitrogens with one attached hydrogen (secondary N) is 2. The Balaban J connectivity index is 1.90. The van der Waals surface area contributed by atoms with Gasteiger partial charge in [-0.25, -0.2) is 8.42 Å². The summed E-state index contributed by atoms with van der Waals surface area (Å²) < 4.78 is 36.4. The predicted molar refractivity (Wildman–Crippen MR) is 96.5 cm³/mol. The molecule has 1 heterocycles. The van der Waals surface area contributed by atoms with Gasteiger partial charge in [-0.05, 0) is 45.4 Å². The van der Waals surface area contributed by atoms with Crippen LogP contribution in [0.1, 0.15) is 23.9 Å². The molecule has 27 heavy (non-hydrogen) atoms. The molecule has 0 saturated carbocycles. The lowest BCUT2D eigenvalue weighted by Gasteiger charge is -2.14. The average Bonchev–Trinajstić information content (AvgIpc) is 2.92. The summed E-state index contributed by atoms with van der Waals surface area (Å²) >= 11 is 0. The van der Waals surface area contributed by atoms with Crippen molar-refractivity contribution in [2.45, 2.75) is 38.7 Å². The van der Waals surface area contributed by atoms with E-state index >= 15 is 0 Å². The van der Waals surface area contributed by atoms with Gasteiger partial charge in [-0.1, -0.05) is 17.3 Å². The van der Waals surface area contributed by atoms with Gasteiger partial charge in [-0.2, -0.15) is 4.72 Å².